The van der Waals surface area contributed by atoms with Gasteiger partial charge in [0.25, 0.3) is 5.56 Å². The van der Waals surface area contributed by atoms with Gasteiger partial charge < -0.3 is 9.47 Å². The summed E-state index contributed by atoms with van der Waals surface area (Å²) in [5, 5.41) is 5.22. The van der Waals surface area contributed by atoms with Gasteiger partial charge in [0.15, 0.2) is 11.5 Å². The Morgan fingerprint density at radius 2 is 1.87 bits per heavy atom. The number of rotatable bonds is 8. The lowest BCUT2D eigenvalue weighted by Crippen LogP contribution is -2.25. The van der Waals surface area contributed by atoms with Crippen LogP contribution in [-0.4, -0.2) is 22.5 Å². The third-order valence-electron chi connectivity index (χ3n) is 6.87. The van der Waals surface area contributed by atoms with E-state index in [9.17, 15) is 4.79 Å². The average Bonchev–Trinajstić information content (AvgIpc) is 2.93. The van der Waals surface area contributed by atoms with Crippen molar-refractivity contribution in [3.8, 4) is 11.5 Å². The molecule has 1 fully saturated rings. The second kappa shape index (κ2) is 11.9. The molecule has 0 N–H and O–H groups in total. The molecule has 0 atom stereocenters. The Labute approximate surface area is 231 Å². The van der Waals surface area contributed by atoms with Gasteiger partial charge in [0, 0.05) is 10.4 Å². The van der Waals surface area contributed by atoms with Crippen molar-refractivity contribution < 1.29 is 9.47 Å². The molecule has 4 aromatic rings. The van der Waals surface area contributed by atoms with Crippen molar-refractivity contribution in [3.05, 3.63) is 98.0 Å². The minimum Gasteiger partial charge on any atom is -0.490 e. The van der Waals surface area contributed by atoms with Gasteiger partial charge in [-0.05, 0) is 74.2 Å². The van der Waals surface area contributed by atoms with Gasteiger partial charge in [-0.2, -0.15) is 9.78 Å². The molecule has 38 heavy (non-hydrogen) atoms. The van der Waals surface area contributed by atoms with E-state index >= 15 is 0 Å². The number of benzene rings is 3. The summed E-state index contributed by atoms with van der Waals surface area (Å²) < 4.78 is 14.3. The fraction of sp³-hybridized carbons (Fsp3) is 0.323. The van der Waals surface area contributed by atoms with Gasteiger partial charge >= 0.3 is 0 Å². The molecule has 0 aliphatic heterocycles. The first-order valence-electron chi connectivity index (χ1n) is 13.2. The highest BCUT2D eigenvalue weighted by atomic mass is 79.9. The van der Waals surface area contributed by atoms with Crippen molar-refractivity contribution in [1.29, 1.82) is 0 Å². The van der Waals surface area contributed by atoms with Crippen LogP contribution in [0.15, 0.2) is 75.0 Å². The monoisotopic (exact) mass is 573 g/mol. The van der Waals surface area contributed by atoms with E-state index in [1.165, 1.54) is 16.7 Å². The van der Waals surface area contributed by atoms with Crippen LogP contribution >= 0.6 is 15.9 Å². The fourth-order valence-corrected chi connectivity index (χ4v) is 5.34. The van der Waals surface area contributed by atoms with Gasteiger partial charge in [-0.15, -0.1) is 0 Å². The molecule has 1 heterocycles. The number of fused-ring (bicyclic) bond motifs is 1. The normalized spacial score (nSPS) is 14.3. The van der Waals surface area contributed by atoms with E-state index in [1.807, 2.05) is 55.5 Å². The summed E-state index contributed by atoms with van der Waals surface area (Å²) in [6.07, 6.45) is 7.25. The van der Waals surface area contributed by atoms with Gasteiger partial charge in [0.05, 0.1) is 23.7 Å². The number of hydrogen-bond donors (Lipinski definition) is 0. The molecule has 6 nitrogen and oxygen atoms in total. The largest absolute Gasteiger partial charge is 0.490 e. The van der Waals surface area contributed by atoms with E-state index in [0.29, 0.717) is 35.6 Å². The lowest BCUT2D eigenvalue weighted by Gasteiger charge is -2.22. The molecule has 0 unspecified atom stereocenters. The molecular formula is C31H32BrN3O3. The van der Waals surface area contributed by atoms with Crippen LogP contribution in [0.5, 0.6) is 11.5 Å². The molecule has 3 aromatic carbocycles. The SMILES string of the molecule is CCOc1cc(C=Nn2c(C3CCCCC3)nc3ccc(Br)cc3c2=O)ccc1OCc1cccc(C)c1. The van der Waals surface area contributed by atoms with E-state index < -0.39 is 0 Å². The highest BCUT2D eigenvalue weighted by Gasteiger charge is 2.22. The zero-order chi connectivity index (χ0) is 26.5. The minimum absolute atomic E-state index is 0.156. The molecule has 0 spiro atoms. The average molecular weight is 575 g/mol. The first kappa shape index (κ1) is 26.2. The van der Waals surface area contributed by atoms with E-state index in [-0.39, 0.29) is 11.5 Å². The smallest absolute Gasteiger partial charge is 0.282 e. The quantitative estimate of drug-likeness (QED) is 0.206. The zero-order valence-corrected chi connectivity index (χ0v) is 23.4. The predicted molar refractivity (Wildman–Crippen MR) is 156 cm³/mol. The summed E-state index contributed by atoms with van der Waals surface area (Å²) in [7, 11) is 0. The van der Waals surface area contributed by atoms with Crippen molar-refractivity contribution >= 4 is 33.0 Å². The van der Waals surface area contributed by atoms with Gasteiger partial charge in [-0.3, -0.25) is 4.79 Å². The van der Waals surface area contributed by atoms with Crippen molar-refractivity contribution in [3.63, 3.8) is 0 Å². The van der Waals surface area contributed by atoms with Gasteiger partial charge in [-0.25, -0.2) is 4.98 Å². The first-order chi connectivity index (χ1) is 18.5. The Morgan fingerprint density at radius 3 is 2.66 bits per heavy atom. The number of nitrogens with zero attached hydrogens (tertiary/aromatic N) is 3. The molecule has 1 aromatic heterocycles. The number of aryl methyl sites for hydroxylation is 1. The zero-order valence-electron chi connectivity index (χ0n) is 21.8. The highest BCUT2D eigenvalue weighted by molar-refractivity contribution is 9.10. The number of hydrogen-bond acceptors (Lipinski definition) is 5. The summed E-state index contributed by atoms with van der Waals surface area (Å²) in [5.41, 5.74) is 3.66. The predicted octanol–water partition coefficient (Wildman–Crippen LogP) is 7.38. The molecule has 1 aliphatic rings. The Kier molecular flexibility index (Phi) is 8.23. The maximum Gasteiger partial charge on any atom is 0.282 e. The van der Waals surface area contributed by atoms with Gasteiger partial charge in [0.2, 0.25) is 0 Å². The summed E-state index contributed by atoms with van der Waals surface area (Å²) in [6.45, 7) is 4.97. The molecule has 0 saturated heterocycles. The van der Waals surface area contributed by atoms with Crippen LogP contribution in [-0.2, 0) is 6.61 Å². The molecule has 7 heteroatoms. The third-order valence-corrected chi connectivity index (χ3v) is 7.36. The molecule has 196 valence electrons. The fourth-order valence-electron chi connectivity index (χ4n) is 4.98. The second-order valence-electron chi connectivity index (χ2n) is 9.74. The standard InChI is InChI=1S/C31H32BrN3O3/c1-3-37-29-17-22(12-15-28(29)38-20-23-9-7-8-21(2)16-23)19-33-35-30(24-10-5-4-6-11-24)34-27-14-13-25(32)18-26(27)31(35)36/h7-9,12-19,24H,3-6,10-11,20H2,1-2H3. The number of aromatic nitrogens is 2. The van der Waals surface area contributed by atoms with Crippen LogP contribution in [0, 0.1) is 6.92 Å². The van der Waals surface area contributed by atoms with Crippen LogP contribution in [0.4, 0.5) is 0 Å². The Morgan fingerprint density at radius 1 is 1.03 bits per heavy atom. The van der Waals surface area contributed by atoms with Crippen molar-refractivity contribution in [2.45, 2.75) is 58.5 Å². The van der Waals surface area contributed by atoms with E-state index in [0.717, 1.165) is 47.1 Å². The topological polar surface area (TPSA) is 65.7 Å². The van der Waals surface area contributed by atoms with Crippen molar-refractivity contribution in [2.75, 3.05) is 6.61 Å². The van der Waals surface area contributed by atoms with E-state index in [2.05, 4.69) is 40.1 Å². The minimum atomic E-state index is -0.156. The lowest BCUT2D eigenvalue weighted by atomic mass is 9.88. The lowest BCUT2D eigenvalue weighted by molar-refractivity contribution is 0.269. The Balaban J connectivity index is 1.47. The molecule has 5 rings (SSSR count). The van der Waals surface area contributed by atoms with Crippen LogP contribution in [0.1, 0.15) is 67.5 Å². The Hall–Kier alpha value is -3.45. The van der Waals surface area contributed by atoms with Crippen molar-refractivity contribution in [2.24, 2.45) is 5.10 Å². The van der Waals surface area contributed by atoms with Crippen molar-refractivity contribution in [1.82, 2.24) is 9.66 Å². The highest BCUT2D eigenvalue weighted by Crippen LogP contribution is 2.32. The van der Waals surface area contributed by atoms with Crippen LogP contribution in [0.3, 0.4) is 0 Å². The van der Waals surface area contributed by atoms with Gasteiger partial charge in [0.1, 0.15) is 12.4 Å². The van der Waals surface area contributed by atoms with Crippen LogP contribution < -0.4 is 15.0 Å². The van der Waals surface area contributed by atoms with Crippen LogP contribution in [0.25, 0.3) is 10.9 Å². The molecule has 0 radical (unpaired) electrons. The summed E-state index contributed by atoms with van der Waals surface area (Å²) in [5.74, 6) is 2.27. The van der Waals surface area contributed by atoms with E-state index in [4.69, 9.17) is 14.5 Å². The third kappa shape index (κ3) is 5.99. The molecule has 0 bridgehead atoms. The molecule has 1 saturated carbocycles. The second-order valence-corrected chi connectivity index (χ2v) is 10.7. The first-order valence-corrected chi connectivity index (χ1v) is 14.0. The molecule has 1 aliphatic carbocycles. The summed E-state index contributed by atoms with van der Waals surface area (Å²) >= 11 is 3.48. The maximum atomic E-state index is 13.6. The van der Waals surface area contributed by atoms with Gasteiger partial charge in [-0.1, -0.05) is 65.0 Å². The maximum absolute atomic E-state index is 13.6. The number of ether oxygens (including phenoxy) is 2. The molecule has 0 amide bonds. The molecular weight excluding hydrogens is 542 g/mol. The number of halogens is 1. The summed E-state index contributed by atoms with van der Waals surface area (Å²) in [6, 6.07) is 19.6. The summed E-state index contributed by atoms with van der Waals surface area (Å²) in [4.78, 5) is 18.5. The Bertz CT molecular complexity index is 1520. The van der Waals surface area contributed by atoms with Crippen LogP contribution in [0.2, 0.25) is 0 Å². The van der Waals surface area contributed by atoms with E-state index in [1.54, 1.807) is 6.21 Å².